The van der Waals surface area contributed by atoms with Gasteiger partial charge in [0.1, 0.15) is 17.3 Å². The lowest BCUT2D eigenvalue weighted by Crippen LogP contribution is -1.85. The second-order valence-electron chi connectivity index (χ2n) is 7.39. The summed E-state index contributed by atoms with van der Waals surface area (Å²) in [6.07, 6.45) is 3.36. The normalized spacial score (nSPS) is 11.4. The Morgan fingerprint density at radius 2 is 1.81 bits per heavy atom. The quantitative estimate of drug-likeness (QED) is 0.369. The standard InChI is InChI=1S/C24H15FN6O/c25-15-9-14(10-16(32)12-15)17-6-8-27-23-21(17)28-24(29-23)22-18-11-13(4-5-20(18)30-31-22)19-3-1-2-7-26-19/h1-12,32H,(H,30,31)(H,27,28,29). The zero-order chi connectivity index (χ0) is 21.7. The number of halogens is 1. The molecule has 0 saturated heterocycles. The fourth-order valence-electron chi connectivity index (χ4n) is 3.88. The first kappa shape index (κ1) is 18.2. The first-order chi connectivity index (χ1) is 15.7. The second-order valence-corrected chi connectivity index (χ2v) is 7.39. The van der Waals surface area contributed by atoms with Crippen LogP contribution in [0, 0.1) is 5.82 Å². The minimum absolute atomic E-state index is 0.148. The molecule has 2 aromatic carbocycles. The number of fused-ring (bicyclic) bond motifs is 2. The van der Waals surface area contributed by atoms with E-state index in [1.54, 1.807) is 18.5 Å². The number of pyridine rings is 2. The van der Waals surface area contributed by atoms with E-state index in [2.05, 4.69) is 30.1 Å². The smallest absolute Gasteiger partial charge is 0.178 e. The van der Waals surface area contributed by atoms with Crippen molar-refractivity contribution in [2.24, 2.45) is 0 Å². The molecule has 0 bridgehead atoms. The fraction of sp³-hybridized carbons (Fsp3) is 0. The number of imidazole rings is 1. The van der Waals surface area contributed by atoms with Crippen LogP contribution in [0.25, 0.3) is 56.0 Å². The van der Waals surface area contributed by atoms with Crippen molar-refractivity contribution >= 4 is 22.1 Å². The molecule has 3 N–H and O–H groups in total. The summed E-state index contributed by atoms with van der Waals surface area (Å²) in [5.41, 5.74) is 5.63. The van der Waals surface area contributed by atoms with Gasteiger partial charge in [0.15, 0.2) is 11.5 Å². The zero-order valence-corrected chi connectivity index (χ0v) is 16.5. The van der Waals surface area contributed by atoms with Gasteiger partial charge in [-0.25, -0.2) is 14.4 Å². The molecular weight excluding hydrogens is 407 g/mol. The third-order valence-corrected chi connectivity index (χ3v) is 5.33. The molecule has 154 valence electrons. The molecular formula is C24H15FN6O. The van der Waals surface area contributed by atoms with E-state index in [0.29, 0.717) is 33.8 Å². The van der Waals surface area contributed by atoms with E-state index in [-0.39, 0.29) is 5.75 Å². The van der Waals surface area contributed by atoms with Gasteiger partial charge in [-0.1, -0.05) is 12.1 Å². The lowest BCUT2D eigenvalue weighted by molar-refractivity contribution is 0.469. The van der Waals surface area contributed by atoms with Crippen LogP contribution in [-0.2, 0) is 0 Å². The van der Waals surface area contributed by atoms with Crippen LogP contribution in [0.4, 0.5) is 4.39 Å². The van der Waals surface area contributed by atoms with Crippen LogP contribution in [0.15, 0.2) is 73.1 Å². The Balaban J connectivity index is 1.52. The Kier molecular flexibility index (Phi) is 3.97. The van der Waals surface area contributed by atoms with E-state index < -0.39 is 5.82 Å². The number of phenolic OH excluding ortho intramolecular Hbond substituents is 1. The summed E-state index contributed by atoms with van der Waals surface area (Å²) >= 11 is 0. The third kappa shape index (κ3) is 2.97. The van der Waals surface area contributed by atoms with Crippen molar-refractivity contribution in [1.82, 2.24) is 30.1 Å². The van der Waals surface area contributed by atoms with E-state index in [0.717, 1.165) is 28.2 Å². The number of benzene rings is 2. The Morgan fingerprint density at radius 1 is 0.875 bits per heavy atom. The summed E-state index contributed by atoms with van der Waals surface area (Å²) in [5.74, 6) is -0.139. The van der Waals surface area contributed by atoms with Gasteiger partial charge in [-0.2, -0.15) is 5.10 Å². The lowest BCUT2D eigenvalue weighted by Gasteiger charge is -2.04. The summed E-state index contributed by atoms with van der Waals surface area (Å²) in [6.45, 7) is 0. The minimum atomic E-state index is -0.523. The first-order valence-corrected chi connectivity index (χ1v) is 9.90. The topological polar surface area (TPSA) is 103 Å². The van der Waals surface area contributed by atoms with E-state index in [9.17, 15) is 9.50 Å². The molecule has 0 aliphatic rings. The van der Waals surface area contributed by atoms with Crippen molar-refractivity contribution in [3.63, 3.8) is 0 Å². The number of H-pyrrole nitrogens is 2. The summed E-state index contributed by atoms with van der Waals surface area (Å²) in [6, 6.07) is 17.4. The number of nitrogens with zero attached hydrogens (tertiary/aromatic N) is 4. The molecule has 4 heterocycles. The van der Waals surface area contributed by atoms with Gasteiger partial charge in [0, 0.05) is 35.0 Å². The highest BCUT2D eigenvalue weighted by molar-refractivity contribution is 5.97. The number of rotatable bonds is 3. The summed E-state index contributed by atoms with van der Waals surface area (Å²) < 4.78 is 13.9. The van der Waals surface area contributed by atoms with Gasteiger partial charge < -0.3 is 10.1 Å². The summed E-state index contributed by atoms with van der Waals surface area (Å²) in [5, 5.41) is 18.2. The van der Waals surface area contributed by atoms with E-state index >= 15 is 0 Å². The van der Waals surface area contributed by atoms with Crippen molar-refractivity contribution in [3.8, 4) is 39.7 Å². The maximum atomic E-state index is 13.9. The number of aromatic nitrogens is 6. The number of nitrogens with one attached hydrogen (secondary N) is 2. The predicted molar refractivity (Wildman–Crippen MR) is 119 cm³/mol. The molecule has 8 heteroatoms. The van der Waals surface area contributed by atoms with Gasteiger partial charge in [-0.05, 0) is 48.0 Å². The van der Waals surface area contributed by atoms with Crippen molar-refractivity contribution in [1.29, 1.82) is 0 Å². The van der Waals surface area contributed by atoms with Gasteiger partial charge in [-0.15, -0.1) is 0 Å². The largest absolute Gasteiger partial charge is 0.508 e. The molecule has 4 aromatic heterocycles. The van der Waals surface area contributed by atoms with Crippen LogP contribution in [0.5, 0.6) is 5.75 Å². The molecule has 0 radical (unpaired) electrons. The highest BCUT2D eigenvalue weighted by Gasteiger charge is 2.17. The number of hydrogen-bond acceptors (Lipinski definition) is 5. The van der Waals surface area contributed by atoms with Gasteiger partial charge in [0.05, 0.1) is 16.7 Å². The maximum absolute atomic E-state index is 13.9. The van der Waals surface area contributed by atoms with Crippen LogP contribution < -0.4 is 0 Å². The number of aromatic amines is 2. The maximum Gasteiger partial charge on any atom is 0.178 e. The predicted octanol–water partition coefficient (Wildman–Crippen LogP) is 5.07. The number of phenols is 1. The molecule has 0 aliphatic carbocycles. The number of hydrogen-bond donors (Lipinski definition) is 3. The molecule has 0 saturated carbocycles. The van der Waals surface area contributed by atoms with Crippen LogP contribution in [-0.4, -0.2) is 35.2 Å². The fourth-order valence-corrected chi connectivity index (χ4v) is 3.88. The Hall–Kier alpha value is -4.59. The second kappa shape index (κ2) is 6.98. The molecule has 0 unspecified atom stereocenters. The highest BCUT2D eigenvalue weighted by Crippen LogP contribution is 2.33. The van der Waals surface area contributed by atoms with Crippen LogP contribution in [0.1, 0.15) is 0 Å². The molecule has 0 aliphatic heterocycles. The van der Waals surface area contributed by atoms with Crippen molar-refractivity contribution in [3.05, 3.63) is 78.9 Å². The van der Waals surface area contributed by atoms with Gasteiger partial charge in [0.25, 0.3) is 0 Å². The average Bonchev–Trinajstić information content (AvgIpc) is 3.42. The monoisotopic (exact) mass is 422 g/mol. The lowest BCUT2D eigenvalue weighted by atomic mass is 10.1. The van der Waals surface area contributed by atoms with Crippen LogP contribution in [0.3, 0.4) is 0 Å². The van der Waals surface area contributed by atoms with Crippen molar-refractivity contribution < 1.29 is 9.50 Å². The zero-order valence-electron chi connectivity index (χ0n) is 16.5. The molecule has 6 rings (SSSR count). The molecule has 32 heavy (non-hydrogen) atoms. The number of aromatic hydroxyl groups is 1. The third-order valence-electron chi connectivity index (χ3n) is 5.33. The SMILES string of the molecule is Oc1cc(F)cc(-c2ccnc3nc(-c4n[nH]c5ccc(-c6ccccn6)cc45)[nH]c23)c1. The Bertz CT molecular complexity index is 1590. The molecule has 0 fully saturated rings. The Morgan fingerprint density at radius 3 is 2.66 bits per heavy atom. The molecule has 7 nitrogen and oxygen atoms in total. The molecule has 0 amide bonds. The van der Waals surface area contributed by atoms with E-state index in [1.165, 1.54) is 12.1 Å². The van der Waals surface area contributed by atoms with Crippen LogP contribution in [0.2, 0.25) is 0 Å². The summed E-state index contributed by atoms with van der Waals surface area (Å²) in [4.78, 5) is 16.7. The van der Waals surface area contributed by atoms with Gasteiger partial charge in [-0.3, -0.25) is 10.1 Å². The average molecular weight is 422 g/mol. The minimum Gasteiger partial charge on any atom is -0.508 e. The van der Waals surface area contributed by atoms with Gasteiger partial charge >= 0.3 is 0 Å². The summed E-state index contributed by atoms with van der Waals surface area (Å²) in [7, 11) is 0. The van der Waals surface area contributed by atoms with Crippen molar-refractivity contribution in [2.45, 2.75) is 0 Å². The molecule has 6 aromatic rings. The van der Waals surface area contributed by atoms with Gasteiger partial charge in [0.2, 0.25) is 0 Å². The van der Waals surface area contributed by atoms with E-state index in [4.69, 9.17) is 0 Å². The highest BCUT2D eigenvalue weighted by atomic mass is 19.1. The first-order valence-electron chi connectivity index (χ1n) is 9.90. The molecule has 0 spiro atoms. The van der Waals surface area contributed by atoms with Crippen molar-refractivity contribution in [2.75, 3.05) is 0 Å². The molecule has 0 atom stereocenters. The Labute approximate surface area is 180 Å². The van der Waals surface area contributed by atoms with E-state index in [1.807, 2.05) is 36.4 Å². The van der Waals surface area contributed by atoms with Crippen LogP contribution >= 0.6 is 0 Å².